The van der Waals surface area contributed by atoms with Gasteiger partial charge in [-0.1, -0.05) is 0 Å². The fourth-order valence-electron chi connectivity index (χ4n) is 1.99. The van der Waals surface area contributed by atoms with Crippen LogP contribution in [0.2, 0.25) is 0 Å². The van der Waals surface area contributed by atoms with Crippen molar-refractivity contribution in [1.29, 1.82) is 0 Å². The molecular weight excluding hydrogens is 262 g/mol. The summed E-state index contributed by atoms with van der Waals surface area (Å²) in [5.41, 5.74) is 1.26. The molecule has 0 aliphatic heterocycles. The van der Waals surface area contributed by atoms with Crippen molar-refractivity contribution in [1.82, 2.24) is 5.32 Å². The van der Waals surface area contributed by atoms with E-state index >= 15 is 0 Å². The second-order valence-electron chi connectivity index (χ2n) is 4.66. The molecule has 1 aromatic rings. The molecule has 4 nitrogen and oxygen atoms in total. The lowest BCUT2D eigenvalue weighted by Gasteiger charge is -2.17. The van der Waals surface area contributed by atoms with Gasteiger partial charge in [0.2, 0.25) is 0 Å². The minimum atomic E-state index is -0.707. The van der Waals surface area contributed by atoms with Crippen LogP contribution in [0.3, 0.4) is 0 Å². The number of nitrogens with one attached hydrogen (secondary N) is 1. The summed E-state index contributed by atoms with van der Waals surface area (Å²) in [5, 5.41) is 13.0. The minimum Gasteiger partial charge on any atom is -0.466 e. The number of rotatable bonds is 7. The Balaban J connectivity index is 2.39. The molecule has 108 valence electrons. The number of hydrogen-bond donors (Lipinski definition) is 2. The average molecular weight is 285 g/mol. The normalized spacial score (nSPS) is 14.2. The summed E-state index contributed by atoms with van der Waals surface area (Å²) in [6.07, 6.45) is -0.670. The molecule has 0 radical (unpaired) electrons. The fourth-order valence-corrected chi connectivity index (χ4v) is 3.01. The number of esters is 1. The van der Waals surface area contributed by atoms with E-state index in [0.717, 1.165) is 0 Å². The lowest BCUT2D eigenvalue weighted by molar-refractivity contribution is -0.145. The summed E-state index contributed by atoms with van der Waals surface area (Å²) in [7, 11) is 0. The third-order valence-electron chi connectivity index (χ3n) is 2.91. The quantitative estimate of drug-likeness (QED) is 0.755. The van der Waals surface area contributed by atoms with Gasteiger partial charge in [-0.05, 0) is 39.3 Å². The number of hydrogen-bond acceptors (Lipinski definition) is 5. The van der Waals surface area contributed by atoms with Crippen molar-refractivity contribution in [3.05, 3.63) is 21.4 Å². The van der Waals surface area contributed by atoms with Gasteiger partial charge in [0, 0.05) is 22.3 Å². The summed E-state index contributed by atoms with van der Waals surface area (Å²) >= 11 is 1.77. The summed E-state index contributed by atoms with van der Waals surface area (Å²) in [5.74, 6) is -0.355. The predicted octanol–water partition coefficient (Wildman–Crippen LogP) is 2.33. The molecule has 2 unspecified atom stereocenters. The van der Waals surface area contributed by atoms with Gasteiger partial charge in [-0.25, -0.2) is 0 Å². The van der Waals surface area contributed by atoms with Gasteiger partial charge in [0.25, 0.3) is 0 Å². The fraction of sp³-hybridized carbons (Fsp3) is 0.643. The maximum absolute atomic E-state index is 11.2. The smallest absolute Gasteiger partial charge is 0.308 e. The highest BCUT2D eigenvalue weighted by Gasteiger charge is 2.15. The molecule has 0 aliphatic rings. The zero-order valence-electron chi connectivity index (χ0n) is 12.0. The van der Waals surface area contributed by atoms with Crippen molar-refractivity contribution in [3.8, 4) is 0 Å². The monoisotopic (exact) mass is 285 g/mol. The number of aliphatic hydroxyl groups excluding tert-OH is 1. The Kier molecular flexibility index (Phi) is 6.48. The van der Waals surface area contributed by atoms with Gasteiger partial charge in [-0.15, -0.1) is 11.3 Å². The van der Waals surface area contributed by atoms with Crippen LogP contribution < -0.4 is 5.32 Å². The molecule has 2 atom stereocenters. The summed E-state index contributed by atoms with van der Waals surface area (Å²) in [6.45, 7) is 8.73. The van der Waals surface area contributed by atoms with Crippen molar-refractivity contribution >= 4 is 17.3 Å². The van der Waals surface area contributed by atoms with Crippen LogP contribution in [0.1, 0.15) is 41.6 Å². The highest BCUT2D eigenvalue weighted by atomic mass is 32.1. The van der Waals surface area contributed by atoms with E-state index in [1.54, 1.807) is 18.3 Å². The van der Waals surface area contributed by atoms with Crippen LogP contribution in [-0.4, -0.2) is 30.3 Å². The lowest BCUT2D eigenvalue weighted by Crippen LogP contribution is -2.31. The van der Waals surface area contributed by atoms with Crippen molar-refractivity contribution < 1.29 is 14.6 Å². The van der Waals surface area contributed by atoms with Crippen molar-refractivity contribution in [3.63, 3.8) is 0 Å². The van der Waals surface area contributed by atoms with Crippen LogP contribution in [0.15, 0.2) is 6.07 Å². The topological polar surface area (TPSA) is 58.6 Å². The Morgan fingerprint density at radius 3 is 2.74 bits per heavy atom. The molecule has 2 N–H and O–H groups in total. The van der Waals surface area contributed by atoms with Gasteiger partial charge in [-0.3, -0.25) is 4.79 Å². The Hall–Kier alpha value is -0.910. The first kappa shape index (κ1) is 16.1. The minimum absolute atomic E-state index is 0.0369. The molecule has 0 saturated carbocycles. The molecule has 0 fully saturated rings. The molecule has 0 saturated heterocycles. The van der Waals surface area contributed by atoms with Crippen LogP contribution in [-0.2, 0) is 9.53 Å². The van der Waals surface area contributed by atoms with Crippen LogP contribution in [0, 0.1) is 13.8 Å². The molecule has 0 bridgehead atoms. The molecule has 1 rings (SSSR count). The maximum atomic E-state index is 11.2. The number of carbonyl (C=O) groups is 1. The summed E-state index contributed by atoms with van der Waals surface area (Å²) < 4.78 is 4.80. The molecular formula is C14H23NO3S. The summed E-state index contributed by atoms with van der Waals surface area (Å²) in [4.78, 5) is 13.8. The van der Waals surface area contributed by atoms with Gasteiger partial charge in [0.1, 0.15) is 0 Å². The van der Waals surface area contributed by atoms with E-state index in [4.69, 9.17) is 4.74 Å². The zero-order chi connectivity index (χ0) is 14.4. The van der Waals surface area contributed by atoms with Gasteiger partial charge >= 0.3 is 5.97 Å². The Bertz CT molecular complexity index is 417. The molecule has 0 spiro atoms. The second-order valence-corrected chi connectivity index (χ2v) is 6.12. The largest absolute Gasteiger partial charge is 0.466 e. The predicted molar refractivity (Wildman–Crippen MR) is 77.5 cm³/mol. The second kappa shape index (κ2) is 7.62. The average Bonchev–Trinajstić information content (AvgIpc) is 2.65. The Morgan fingerprint density at radius 1 is 1.53 bits per heavy atom. The number of ether oxygens (including phenoxy) is 1. The van der Waals surface area contributed by atoms with Crippen LogP contribution in [0.25, 0.3) is 0 Å². The number of thiophene rings is 1. The molecule has 1 aromatic heterocycles. The summed E-state index contributed by atoms with van der Waals surface area (Å²) in [6, 6.07) is 2.33. The van der Waals surface area contributed by atoms with E-state index in [2.05, 4.69) is 32.2 Å². The van der Waals surface area contributed by atoms with Gasteiger partial charge in [0.05, 0.1) is 19.1 Å². The third kappa shape index (κ3) is 5.30. The highest BCUT2D eigenvalue weighted by Crippen LogP contribution is 2.25. The van der Waals surface area contributed by atoms with E-state index in [1.165, 1.54) is 15.3 Å². The van der Waals surface area contributed by atoms with Gasteiger partial charge in [0.15, 0.2) is 0 Å². The van der Waals surface area contributed by atoms with E-state index in [-0.39, 0.29) is 18.4 Å². The first-order valence-electron chi connectivity index (χ1n) is 6.58. The first-order chi connectivity index (χ1) is 8.93. The van der Waals surface area contributed by atoms with Gasteiger partial charge < -0.3 is 15.2 Å². The zero-order valence-corrected chi connectivity index (χ0v) is 12.8. The first-order valence-corrected chi connectivity index (χ1v) is 7.39. The van der Waals surface area contributed by atoms with E-state index in [1.807, 2.05) is 0 Å². The van der Waals surface area contributed by atoms with E-state index < -0.39 is 6.10 Å². The molecule has 0 aromatic carbocycles. The van der Waals surface area contributed by atoms with Crippen molar-refractivity contribution in [2.75, 3.05) is 13.2 Å². The molecule has 19 heavy (non-hydrogen) atoms. The SMILES string of the molecule is CCOC(=O)CC(O)CNC(C)c1cc(C)sc1C. The Morgan fingerprint density at radius 2 is 2.21 bits per heavy atom. The van der Waals surface area contributed by atoms with E-state index in [9.17, 15) is 9.90 Å². The van der Waals surface area contributed by atoms with Gasteiger partial charge in [-0.2, -0.15) is 0 Å². The van der Waals surface area contributed by atoms with Crippen molar-refractivity contribution in [2.24, 2.45) is 0 Å². The third-order valence-corrected chi connectivity index (χ3v) is 3.89. The lowest BCUT2D eigenvalue weighted by atomic mass is 10.1. The number of aliphatic hydroxyl groups is 1. The molecule has 0 amide bonds. The number of carbonyl (C=O) groups excluding carboxylic acids is 1. The number of aryl methyl sites for hydroxylation is 2. The van der Waals surface area contributed by atoms with Crippen LogP contribution >= 0.6 is 11.3 Å². The van der Waals surface area contributed by atoms with Crippen molar-refractivity contribution in [2.45, 2.75) is 46.3 Å². The van der Waals surface area contributed by atoms with Crippen LogP contribution in [0.4, 0.5) is 0 Å². The highest BCUT2D eigenvalue weighted by molar-refractivity contribution is 7.12. The molecule has 0 aliphatic carbocycles. The van der Waals surface area contributed by atoms with Crippen LogP contribution in [0.5, 0.6) is 0 Å². The molecule has 1 heterocycles. The molecule has 5 heteroatoms. The Labute approximate surface area is 118 Å². The standard InChI is InChI=1S/C14H23NO3S/c1-5-18-14(17)7-12(16)8-15-10(3)13-6-9(2)19-11(13)4/h6,10,12,15-16H,5,7-8H2,1-4H3. The maximum Gasteiger partial charge on any atom is 0.308 e. The van der Waals surface area contributed by atoms with E-state index in [0.29, 0.717) is 13.2 Å².